The third-order valence-corrected chi connectivity index (χ3v) is 8.32. The van der Waals surface area contributed by atoms with E-state index in [-0.39, 0.29) is 12.3 Å². The molecule has 2 N–H and O–H groups in total. The number of ether oxygens (including phenoxy) is 2. The zero-order valence-electron chi connectivity index (χ0n) is 24.5. The van der Waals surface area contributed by atoms with Gasteiger partial charge in [-0.1, -0.05) is 25.7 Å². The first-order chi connectivity index (χ1) is 19.1. The van der Waals surface area contributed by atoms with Gasteiger partial charge in [-0.2, -0.15) is 5.10 Å². The Labute approximate surface area is 238 Å². The van der Waals surface area contributed by atoms with Gasteiger partial charge in [0.15, 0.2) is 0 Å². The molecule has 2 amide bonds. The summed E-state index contributed by atoms with van der Waals surface area (Å²) in [7, 11) is 0.184. The fourth-order valence-corrected chi connectivity index (χ4v) is 5.29. The quantitative estimate of drug-likeness (QED) is 0.182. The molecule has 0 saturated carbocycles. The zero-order valence-corrected chi connectivity index (χ0v) is 25.5. The van der Waals surface area contributed by atoms with Crippen LogP contribution < -0.4 is 10.6 Å². The van der Waals surface area contributed by atoms with Crippen molar-refractivity contribution in [2.24, 2.45) is 5.73 Å². The van der Waals surface area contributed by atoms with E-state index in [2.05, 4.69) is 24.7 Å². The summed E-state index contributed by atoms with van der Waals surface area (Å²) in [6, 6.07) is 8.27. The fourth-order valence-electron chi connectivity index (χ4n) is 4.53. The van der Waals surface area contributed by atoms with Gasteiger partial charge in [-0.3, -0.25) is 14.3 Å². The Kier molecular flexibility index (Phi) is 8.28. The molecule has 4 aromatic rings. The molecule has 41 heavy (non-hydrogen) atoms. The molecule has 0 aliphatic heterocycles. The Morgan fingerprint density at radius 3 is 2.44 bits per heavy atom. The van der Waals surface area contributed by atoms with Crippen LogP contribution in [0, 0.1) is 5.82 Å². The Hall–Kier alpha value is -3.77. The highest BCUT2D eigenvalue weighted by atomic mass is 28.3. The van der Waals surface area contributed by atoms with Gasteiger partial charge < -0.3 is 15.2 Å². The molecule has 0 unspecified atom stereocenters. The van der Waals surface area contributed by atoms with Gasteiger partial charge in [-0.15, -0.1) is 0 Å². The number of nitrogens with zero attached hydrogens (tertiary/aromatic N) is 4. The number of carbonyl (C=O) groups is 2. The van der Waals surface area contributed by atoms with E-state index in [4.69, 9.17) is 15.2 Å². The van der Waals surface area contributed by atoms with Crippen LogP contribution in [0.2, 0.25) is 25.7 Å². The van der Waals surface area contributed by atoms with Crippen LogP contribution in [0.15, 0.2) is 36.5 Å². The lowest BCUT2D eigenvalue weighted by atomic mass is 10.0. The summed E-state index contributed by atoms with van der Waals surface area (Å²) in [4.78, 5) is 26.2. The number of halogens is 2. The first-order valence-electron chi connectivity index (χ1n) is 13.3. The van der Waals surface area contributed by atoms with E-state index < -0.39 is 38.2 Å². The van der Waals surface area contributed by atoms with Gasteiger partial charge in [0.1, 0.15) is 36.0 Å². The van der Waals surface area contributed by atoms with Gasteiger partial charge in [0.05, 0.1) is 17.3 Å². The van der Waals surface area contributed by atoms with Gasteiger partial charge in [0, 0.05) is 33.0 Å². The molecule has 12 heteroatoms. The van der Waals surface area contributed by atoms with E-state index in [0.717, 1.165) is 12.1 Å². The standard InChI is InChI=1S/C29H37F2N5O4Si/c1-29(2,3)40-28(38)34(4)20-8-9-21(18(12-20)15-30)23-16-33-36-25-22(26(32)37)13-19(31)14-24(25)35(27(23)36)17-39-10-11-41(5,6)7/h8-9,12-14,16H,10-11,15,17H2,1-7H3,(H2,32,37). The molecule has 0 radical (unpaired) electrons. The van der Waals surface area contributed by atoms with E-state index in [1.54, 1.807) is 56.8 Å². The summed E-state index contributed by atoms with van der Waals surface area (Å²) in [5.74, 6) is -1.43. The van der Waals surface area contributed by atoms with Crippen LogP contribution in [0.1, 0.15) is 36.7 Å². The largest absolute Gasteiger partial charge is 0.443 e. The van der Waals surface area contributed by atoms with Crippen molar-refractivity contribution in [2.75, 3.05) is 18.6 Å². The molecule has 2 aromatic carbocycles. The topological polar surface area (TPSA) is 104 Å². The first-order valence-corrected chi connectivity index (χ1v) is 17.0. The number of primary amides is 1. The molecular weight excluding hydrogens is 548 g/mol. The van der Waals surface area contributed by atoms with Gasteiger partial charge in [0.2, 0.25) is 0 Å². The van der Waals surface area contributed by atoms with Crippen molar-refractivity contribution < 1.29 is 27.8 Å². The van der Waals surface area contributed by atoms with Gasteiger partial charge in [-0.25, -0.2) is 18.1 Å². The average Bonchev–Trinajstić information content (AvgIpc) is 3.42. The number of benzene rings is 2. The Morgan fingerprint density at radius 1 is 1.12 bits per heavy atom. The van der Waals surface area contributed by atoms with E-state index in [9.17, 15) is 18.4 Å². The van der Waals surface area contributed by atoms with E-state index in [1.165, 1.54) is 15.5 Å². The number of amides is 2. The molecule has 2 aromatic heterocycles. The predicted molar refractivity (Wildman–Crippen MR) is 158 cm³/mol. The number of rotatable bonds is 9. The minimum Gasteiger partial charge on any atom is -0.443 e. The molecule has 0 atom stereocenters. The van der Waals surface area contributed by atoms with Crippen molar-refractivity contribution >= 4 is 42.4 Å². The molecule has 2 heterocycles. The third kappa shape index (κ3) is 6.43. The van der Waals surface area contributed by atoms with Crippen molar-refractivity contribution in [3.05, 3.63) is 53.5 Å². The van der Waals surface area contributed by atoms with Gasteiger partial charge >= 0.3 is 6.09 Å². The smallest absolute Gasteiger partial charge is 0.414 e. The number of anilines is 1. The number of alkyl halides is 1. The van der Waals surface area contributed by atoms with Gasteiger partial charge in [0.25, 0.3) is 5.91 Å². The Morgan fingerprint density at radius 2 is 1.83 bits per heavy atom. The average molecular weight is 586 g/mol. The van der Waals surface area contributed by atoms with Crippen LogP contribution in [0.25, 0.3) is 27.8 Å². The number of imidazole rings is 1. The van der Waals surface area contributed by atoms with Crippen LogP contribution in [0.5, 0.6) is 0 Å². The Balaban J connectivity index is 1.86. The van der Waals surface area contributed by atoms with E-state index >= 15 is 0 Å². The maximum atomic E-state index is 14.7. The van der Waals surface area contributed by atoms with Crippen molar-refractivity contribution in [3.63, 3.8) is 0 Å². The number of fused-ring (bicyclic) bond motifs is 3. The van der Waals surface area contributed by atoms with Crippen LogP contribution in [0.3, 0.4) is 0 Å². The lowest BCUT2D eigenvalue weighted by Crippen LogP contribution is -2.34. The molecule has 4 rings (SSSR count). The highest BCUT2D eigenvalue weighted by Gasteiger charge is 2.25. The maximum absolute atomic E-state index is 14.7. The molecule has 0 aliphatic rings. The van der Waals surface area contributed by atoms with Crippen molar-refractivity contribution in [1.29, 1.82) is 0 Å². The number of carbonyl (C=O) groups excluding carboxylic acids is 2. The van der Waals surface area contributed by atoms with Crippen LogP contribution in [0.4, 0.5) is 19.3 Å². The second kappa shape index (κ2) is 11.2. The van der Waals surface area contributed by atoms with Crippen LogP contribution in [-0.2, 0) is 22.9 Å². The monoisotopic (exact) mass is 585 g/mol. The van der Waals surface area contributed by atoms with Crippen molar-refractivity contribution in [2.45, 2.75) is 65.5 Å². The lowest BCUT2D eigenvalue weighted by molar-refractivity contribution is 0.0589. The summed E-state index contributed by atoms with van der Waals surface area (Å²) in [6.07, 6.45) is 0.993. The second-order valence-corrected chi connectivity index (χ2v) is 17.9. The predicted octanol–water partition coefficient (Wildman–Crippen LogP) is 6.35. The third-order valence-electron chi connectivity index (χ3n) is 6.62. The summed E-state index contributed by atoms with van der Waals surface area (Å²) in [5, 5.41) is 4.50. The van der Waals surface area contributed by atoms with E-state index in [1.807, 2.05) is 0 Å². The number of hydrogen-bond acceptors (Lipinski definition) is 5. The normalized spacial score (nSPS) is 12.3. The highest BCUT2D eigenvalue weighted by Crippen LogP contribution is 2.36. The molecular formula is C29H37F2N5O4Si. The van der Waals surface area contributed by atoms with Gasteiger partial charge in [-0.05, 0) is 62.2 Å². The van der Waals surface area contributed by atoms with Crippen LogP contribution in [-0.4, -0.2) is 53.5 Å². The Bertz CT molecular complexity index is 1620. The molecule has 9 nitrogen and oxygen atoms in total. The molecule has 220 valence electrons. The second-order valence-electron chi connectivity index (χ2n) is 12.3. The molecule has 0 aliphatic carbocycles. The lowest BCUT2D eigenvalue weighted by Gasteiger charge is -2.25. The summed E-state index contributed by atoms with van der Waals surface area (Å²) in [5.41, 5.74) is 7.93. The summed E-state index contributed by atoms with van der Waals surface area (Å²) < 4.78 is 43.9. The maximum Gasteiger partial charge on any atom is 0.414 e. The summed E-state index contributed by atoms with van der Waals surface area (Å²) in [6.45, 7) is 11.8. The highest BCUT2D eigenvalue weighted by molar-refractivity contribution is 6.76. The SMILES string of the molecule is CN(C(=O)OC(C)(C)C)c1ccc(-c2cnn3c4c(C(N)=O)cc(F)cc4n(COCC[Si](C)(C)C)c23)c(CF)c1. The zero-order chi connectivity index (χ0) is 30.3. The van der Waals surface area contributed by atoms with Crippen molar-refractivity contribution in [1.82, 2.24) is 14.2 Å². The number of nitrogens with two attached hydrogens (primary N) is 1. The fraction of sp³-hybridized carbons (Fsp3) is 0.414. The number of hydrogen-bond donors (Lipinski definition) is 1. The molecule has 0 spiro atoms. The first kappa shape index (κ1) is 30.2. The molecule has 0 saturated heterocycles. The molecule has 0 bridgehead atoms. The van der Waals surface area contributed by atoms with Crippen LogP contribution >= 0.6 is 0 Å². The van der Waals surface area contributed by atoms with Crippen molar-refractivity contribution in [3.8, 4) is 11.1 Å². The molecule has 0 fully saturated rings. The summed E-state index contributed by atoms with van der Waals surface area (Å²) >= 11 is 0. The minimum absolute atomic E-state index is 0.0273. The number of aromatic nitrogens is 3. The van der Waals surface area contributed by atoms with E-state index in [0.29, 0.717) is 45.7 Å². The minimum atomic E-state index is -1.37.